The topological polar surface area (TPSA) is 49.4 Å². The SMILES string of the molecule is CN(CC(=O)Nc1c(Cl)cccc1Cl)C(=O)C[C@@H]1C[C@H]2CC[C@@H]1C2. The van der Waals surface area contributed by atoms with Crippen LogP contribution in [0.4, 0.5) is 5.69 Å². The van der Waals surface area contributed by atoms with Gasteiger partial charge >= 0.3 is 0 Å². The van der Waals surface area contributed by atoms with Crippen LogP contribution in [0.15, 0.2) is 18.2 Å². The average Bonchev–Trinajstić information content (AvgIpc) is 3.13. The molecular weight excluding hydrogens is 347 g/mol. The first-order valence-corrected chi connectivity index (χ1v) is 9.17. The summed E-state index contributed by atoms with van der Waals surface area (Å²) < 4.78 is 0. The molecule has 1 N–H and O–H groups in total. The van der Waals surface area contributed by atoms with Gasteiger partial charge in [-0.1, -0.05) is 35.7 Å². The third kappa shape index (κ3) is 3.86. The summed E-state index contributed by atoms with van der Waals surface area (Å²) in [5.74, 6) is 1.77. The normalized spacial score (nSPS) is 24.9. The molecule has 0 spiro atoms. The number of carbonyl (C=O) groups is 2. The number of carbonyl (C=O) groups excluding carboxylic acids is 2. The number of hydrogen-bond donors (Lipinski definition) is 1. The van der Waals surface area contributed by atoms with Crippen LogP contribution in [0.5, 0.6) is 0 Å². The standard InChI is InChI=1S/C18H22Cl2N2O2/c1-22(17(24)9-13-8-11-5-6-12(13)7-11)10-16(23)21-18-14(19)3-2-4-15(18)20/h2-4,11-13H,5-10H2,1H3,(H,21,23)/t11-,12+,13-/m0/s1. The maximum absolute atomic E-state index is 12.4. The van der Waals surface area contributed by atoms with Crippen molar-refractivity contribution in [3.05, 3.63) is 28.2 Å². The zero-order chi connectivity index (χ0) is 17.3. The number of amides is 2. The van der Waals surface area contributed by atoms with Crippen LogP contribution in [0.1, 0.15) is 32.1 Å². The van der Waals surface area contributed by atoms with Crippen molar-refractivity contribution in [3.8, 4) is 0 Å². The first-order valence-electron chi connectivity index (χ1n) is 8.42. The first-order chi connectivity index (χ1) is 11.4. The second-order valence-corrected chi connectivity index (χ2v) is 7.85. The van der Waals surface area contributed by atoms with Crippen molar-refractivity contribution in [3.63, 3.8) is 0 Å². The van der Waals surface area contributed by atoms with Crippen LogP contribution in [0.25, 0.3) is 0 Å². The lowest BCUT2D eigenvalue weighted by Crippen LogP contribution is -2.36. The Hall–Kier alpha value is -1.26. The van der Waals surface area contributed by atoms with E-state index in [2.05, 4.69) is 5.32 Å². The summed E-state index contributed by atoms with van der Waals surface area (Å²) in [6.07, 6.45) is 5.60. The maximum atomic E-state index is 12.4. The minimum absolute atomic E-state index is 0.00119. The van der Waals surface area contributed by atoms with Crippen molar-refractivity contribution in [1.82, 2.24) is 4.90 Å². The second-order valence-electron chi connectivity index (χ2n) is 7.03. The number of hydrogen-bond acceptors (Lipinski definition) is 2. The van der Waals surface area contributed by atoms with Gasteiger partial charge in [0.1, 0.15) is 0 Å². The fraction of sp³-hybridized carbons (Fsp3) is 0.556. The second kappa shape index (κ2) is 7.32. The van der Waals surface area contributed by atoms with Crippen molar-refractivity contribution < 1.29 is 9.59 Å². The highest BCUT2D eigenvalue weighted by atomic mass is 35.5. The molecule has 0 unspecified atom stereocenters. The molecule has 2 aliphatic rings. The summed E-state index contributed by atoms with van der Waals surface area (Å²) >= 11 is 12.1. The van der Waals surface area contributed by atoms with Gasteiger partial charge in [-0.05, 0) is 49.1 Å². The van der Waals surface area contributed by atoms with Gasteiger partial charge in [-0.25, -0.2) is 0 Å². The quantitative estimate of drug-likeness (QED) is 0.845. The molecule has 0 heterocycles. The van der Waals surface area contributed by atoms with E-state index in [-0.39, 0.29) is 18.4 Å². The Morgan fingerprint density at radius 3 is 2.50 bits per heavy atom. The summed E-state index contributed by atoms with van der Waals surface area (Å²) in [4.78, 5) is 26.1. The van der Waals surface area contributed by atoms with Crippen LogP contribution in [0.3, 0.4) is 0 Å². The van der Waals surface area contributed by atoms with Gasteiger partial charge in [-0.15, -0.1) is 0 Å². The number of para-hydroxylation sites is 1. The van der Waals surface area contributed by atoms with Gasteiger partial charge in [-0.2, -0.15) is 0 Å². The molecule has 2 bridgehead atoms. The lowest BCUT2D eigenvalue weighted by molar-refractivity contribution is -0.134. The fourth-order valence-electron chi connectivity index (χ4n) is 4.11. The molecule has 0 saturated heterocycles. The zero-order valence-corrected chi connectivity index (χ0v) is 15.2. The van der Waals surface area contributed by atoms with E-state index >= 15 is 0 Å². The number of nitrogens with one attached hydrogen (secondary N) is 1. The Bertz CT molecular complexity index is 630. The Morgan fingerprint density at radius 2 is 1.92 bits per heavy atom. The third-order valence-electron chi connectivity index (χ3n) is 5.36. The molecule has 3 rings (SSSR count). The third-order valence-corrected chi connectivity index (χ3v) is 5.99. The number of benzene rings is 1. The van der Waals surface area contributed by atoms with Gasteiger partial charge in [0.15, 0.2) is 0 Å². The molecule has 3 atom stereocenters. The highest BCUT2D eigenvalue weighted by Crippen LogP contribution is 2.49. The van der Waals surface area contributed by atoms with Crippen LogP contribution >= 0.6 is 23.2 Å². The van der Waals surface area contributed by atoms with Crippen LogP contribution in [0.2, 0.25) is 10.0 Å². The Morgan fingerprint density at radius 1 is 1.21 bits per heavy atom. The molecule has 2 saturated carbocycles. The molecule has 24 heavy (non-hydrogen) atoms. The summed E-state index contributed by atoms with van der Waals surface area (Å²) in [6, 6.07) is 5.03. The van der Waals surface area contributed by atoms with E-state index < -0.39 is 0 Å². The van der Waals surface area contributed by atoms with Gasteiger partial charge in [-0.3, -0.25) is 9.59 Å². The van der Waals surface area contributed by atoms with E-state index in [1.54, 1.807) is 25.2 Å². The molecule has 0 aromatic heterocycles. The Labute approximate surface area is 152 Å². The lowest BCUT2D eigenvalue weighted by Gasteiger charge is -2.24. The summed E-state index contributed by atoms with van der Waals surface area (Å²) in [5.41, 5.74) is 0.389. The van der Waals surface area contributed by atoms with Gasteiger partial charge < -0.3 is 10.2 Å². The van der Waals surface area contributed by atoms with Crippen LogP contribution in [-0.2, 0) is 9.59 Å². The molecule has 0 aliphatic heterocycles. The maximum Gasteiger partial charge on any atom is 0.244 e. The van der Waals surface area contributed by atoms with E-state index in [1.807, 2.05) is 0 Å². The highest BCUT2D eigenvalue weighted by molar-refractivity contribution is 6.39. The van der Waals surface area contributed by atoms with Gasteiger partial charge in [0.2, 0.25) is 11.8 Å². The van der Waals surface area contributed by atoms with Crippen molar-refractivity contribution in [2.75, 3.05) is 18.9 Å². The van der Waals surface area contributed by atoms with Gasteiger partial charge in [0, 0.05) is 13.5 Å². The minimum atomic E-state index is -0.297. The molecule has 6 heteroatoms. The number of nitrogens with zero attached hydrogens (tertiary/aromatic N) is 1. The molecule has 2 aliphatic carbocycles. The minimum Gasteiger partial charge on any atom is -0.336 e. The molecule has 2 amide bonds. The van der Waals surface area contributed by atoms with Crippen LogP contribution < -0.4 is 5.32 Å². The summed E-state index contributed by atoms with van der Waals surface area (Å²) in [7, 11) is 1.67. The first kappa shape index (κ1) is 17.6. The average molecular weight is 369 g/mol. The highest BCUT2D eigenvalue weighted by Gasteiger charge is 2.40. The van der Waals surface area contributed by atoms with E-state index in [0.717, 1.165) is 5.92 Å². The van der Waals surface area contributed by atoms with Gasteiger partial charge in [0.25, 0.3) is 0 Å². The molecule has 1 aromatic carbocycles. The van der Waals surface area contributed by atoms with Crippen molar-refractivity contribution in [2.24, 2.45) is 17.8 Å². The largest absolute Gasteiger partial charge is 0.336 e. The fourth-order valence-corrected chi connectivity index (χ4v) is 4.60. The molecular formula is C18H22Cl2N2O2. The van der Waals surface area contributed by atoms with Crippen molar-refractivity contribution in [2.45, 2.75) is 32.1 Å². The Kier molecular flexibility index (Phi) is 5.36. The summed E-state index contributed by atoms with van der Waals surface area (Å²) in [6.45, 7) is 0.00119. The van der Waals surface area contributed by atoms with Crippen molar-refractivity contribution in [1.29, 1.82) is 0 Å². The van der Waals surface area contributed by atoms with E-state index in [1.165, 1.54) is 30.6 Å². The smallest absolute Gasteiger partial charge is 0.244 e. The molecule has 0 radical (unpaired) electrons. The number of rotatable bonds is 5. The predicted molar refractivity (Wildman–Crippen MR) is 96.3 cm³/mol. The number of fused-ring (bicyclic) bond motifs is 2. The van der Waals surface area contributed by atoms with E-state index in [9.17, 15) is 9.59 Å². The van der Waals surface area contributed by atoms with Crippen molar-refractivity contribution >= 4 is 40.7 Å². The number of anilines is 1. The zero-order valence-electron chi connectivity index (χ0n) is 13.7. The lowest BCUT2D eigenvalue weighted by atomic mass is 9.86. The molecule has 1 aromatic rings. The van der Waals surface area contributed by atoms with E-state index in [4.69, 9.17) is 23.2 Å². The summed E-state index contributed by atoms with van der Waals surface area (Å²) in [5, 5.41) is 3.45. The number of halogens is 2. The number of likely N-dealkylation sites (N-methyl/N-ethyl adjacent to an activating group) is 1. The van der Waals surface area contributed by atoms with E-state index in [0.29, 0.717) is 34.0 Å². The van der Waals surface area contributed by atoms with Crippen LogP contribution in [0, 0.1) is 17.8 Å². The monoisotopic (exact) mass is 368 g/mol. The molecule has 130 valence electrons. The molecule has 4 nitrogen and oxygen atoms in total. The van der Waals surface area contributed by atoms with Gasteiger partial charge in [0.05, 0.1) is 22.3 Å². The Balaban J connectivity index is 1.51. The molecule has 2 fully saturated rings. The van der Waals surface area contributed by atoms with Crippen LogP contribution in [-0.4, -0.2) is 30.3 Å². The predicted octanol–water partition coefficient (Wildman–Crippen LogP) is 4.22.